The molecule has 1 unspecified atom stereocenters. The number of esters is 1. The van der Waals surface area contributed by atoms with E-state index in [-0.39, 0.29) is 17.9 Å². The second-order valence-electron chi connectivity index (χ2n) is 8.43. The molecule has 0 amide bonds. The minimum atomic E-state index is -0.850. The molecule has 1 aromatic heterocycles. The van der Waals surface area contributed by atoms with E-state index in [1.807, 2.05) is 35.9 Å². The van der Waals surface area contributed by atoms with Crippen molar-refractivity contribution in [1.29, 1.82) is 0 Å². The summed E-state index contributed by atoms with van der Waals surface area (Å²) in [7, 11) is 0. The fourth-order valence-electron chi connectivity index (χ4n) is 4.28. The number of rotatable bonds is 5. The van der Waals surface area contributed by atoms with Crippen molar-refractivity contribution in [2.45, 2.75) is 59.0 Å². The first kappa shape index (κ1) is 26.8. The van der Waals surface area contributed by atoms with Crippen LogP contribution in [0.1, 0.15) is 50.3 Å². The molecule has 0 saturated heterocycles. The number of benzene rings is 2. The molecule has 0 saturated carbocycles. The topological polar surface area (TPSA) is 70.3 Å². The van der Waals surface area contributed by atoms with Crippen LogP contribution in [0.4, 0.5) is 0 Å². The van der Waals surface area contributed by atoms with Crippen LogP contribution in [0.2, 0.25) is 10.0 Å². The second-order valence-corrected chi connectivity index (χ2v) is 9.30. The second kappa shape index (κ2) is 12.2. The molecular formula is C27H30Cl2N2O4. The average Bonchev–Trinajstić information content (AvgIpc) is 2.98. The Balaban J connectivity index is 0.000000199. The highest BCUT2D eigenvalue weighted by atomic mass is 35.5. The van der Waals surface area contributed by atoms with Gasteiger partial charge in [0.15, 0.2) is 0 Å². The molecule has 186 valence electrons. The number of Topliss-reactive ketones (excluding diaryl/α,β-unsaturated/α-hetero) is 1. The number of hydrogen-bond donors (Lipinski definition) is 0. The molecule has 0 fully saturated rings. The van der Waals surface area contributed by atoms with Gasteiger partial charge in [-0.3, -0.25) is 19.1 Å². The molecule has 0 radical (unpaired) electrons. The van der Waals surface area contributed by atoms with Gasteiger partial charge in [0.1, 0.15) is 11.7 Å². The molecule has 35 heavy (non-hydrogen) atoms. The number of aromatic nitrogens is 2. The summed E-state index contributed by atoms with van der Waals surface area (Å²) < 4.78 is 8.89. The van der Waals surface area contributed by atoms with Crippen molar-refractivity contribution in [1.82, 2.24) is 9.36 Å². The number of nitrogens with zero attached hydrogens (tertiary/aromatic N) is 2. The number of hydrogen-bond acceptors (Lipinski definition) is 4. The van der Waals surface area contributed by atoms with Gasteiger partial charge in [0.25, 0.3) is 5.56 Å². The number of ketones is 1. The van der Waals surface area contributed by atoms with E-state index in [0.717, 1.165) is 42.8 Å². The van der Waals surface area contributed by atoms with Crippen LogP contribution in [0.5, 0.6) is 0 Å². The van der Waals surface area contributed by atoms with Gasteiger partial charge in [0.2, 0.25) is 0 Å². The van der Waals surface area contributed by atoms with Crippen LogP contribution in [0.15, 0.2) is 53.3 Å². The largest absolute Gasteiger partial charge is 0.465 e. The summed E-state index contributed by atoms with van der Waals surface area (Å²) in [6.45, 7) is 7.14. The molecular weight excluding hydrogens is 487 g/mol. The minimum Gasteiger partial charge on any atom is -0.465 e. The lowest BCUT2D eigenvalue weighted by atomic mass is 9.96. The standard InChI is InChI=1S/C15H17ClN2O.C12H13ClO3/c1-11-14(12-5-7-13(16)8-6-12)15(19)18-10-4-2-3-9-17(11)18;1-3-16-12(15)11(8(2)14)9-4-6-10(13)7-5-9/h5-8H,2-4,9-10H2,1H3;4-7,11H,3H2,1-2H3. The van der Waals surface area contributed by atoms with E-state index in [1.165, 1.54) is 13.3 Å². The molecule has 3 aromatic rings. The number of carbonyl (C=O) groups is 2. The van der Waals surface area contributed by atoms with Gasteiger partial charge in [-0.15, -0.1) is 0 Å². The Morgan fingerprint density at radius 1 is 0.914 bits per heavy atom. The summed E-state index contributed by atoms with van der Waals surface area (Å²) in [6, 6.07) is 14.1. The van der Waals surface area contributed by atoms with E-state index in [4.69, 9.17) is 27.9 Å². The van der Waals surface area contributed by atoms with Gasteiger partial charge in [-0.05, 0) is 75.4 Å². The van der Waals surface area contributed by atoms with Crippen LogP contribution >= 0.6 is 23.2 Å². The van der Waals surface area contributed by atoms with E-state index < -0.39 is 11.9 Å². The van der Waals surface area contributed by atoms with Gasteiger partial charge < -0.3 is 4.74 Å². The average molecular weight is 517 g/mol. The van der Waals surface area contributed by atoms with Crippen molar-refractivity contribution in [2.75, 3.05) is 6.61 Å². The van der Waals surface area contributed by atoms with Crippen molar-refractivity contribution < 1.29 is 14.3 Å². The summed E-state index contributed by atoms with van der Waals surface area (Å²) in [5.41, 5.74) is 3.57. The molecule has 1 aliphatic heterocycles. The van der Waals surface area contributed by atoms with E-state index in [0.29, 0.717) is 15.6 Å². The molecule has 2 heterocycles. The van der Waals surface area contributed by atoms with Crippen LogP contribution in [0.3, 0.4) is 0 Å². The van der Waals surface area contributed by atoms with Crippen LogP contribution in [0, 0.1) is 6.92 Å². The van der Waals surface area contributed by atoms with E-state index in [9.17, 15) is 14.4 Å². The lowest BCUT2D eigenvalue weighted by Crippen LogP contribution is -2.22. The molecule has 2 aromatic carbocycles. The Kier molecular flexibility index (Phi) is 9.35. The van der Waals surface area contributed by atoms with Gasteiger partial charge >= 0.3 is 5.97 Å². The third kappa shape index (κ3) is 6.44. The first-order valence-corrected chi connectivity index (χ1v) is 12.5. The van der Waals surface area contributed by atoms with Crippen LogP contribution in [-0.4, -0.2) is 27.7 Å². The molecule has 1 atom stereocenters. The Hall–Kier alpha value is -2.83. The van der Waals surface area contributed by atoms with Crippen LogP contribution < -0.4 is 5.56 Å². The Bertz CT molecular complexity index is 1230. The Morgan fingerprint density at radius 2 is 1.46 bits per heavy atom. The molecule has 0 N–H and O–H groups in total. The first-order chi connectivity index (χ1) is 16.7. The van der Waals surface area contributed by atoms with Crippen LogP contribution in [0.25, 0.3) is 11.1 Å². The molecule has 8 heteroatoms. The zero-order valence-electron chi connectivity index (χ0n) is 20.2. The highest BCUT2D eigenvalue weighted by Crippen LogP contribution is 2.24. The zero-order valence-corrected chi connectivity index (χ0v) is 21.7. The van der Waals surface area contributed by atoms with Gasteiger partial charge in [-0.25, -0.2) is 4.68 Å². The van der Waals surface area contributed by atoms with E-state index in [1.54, 1.807) is 31.2 Å². The maximum Gasteiger partial charge on any atom is 0.320 e. The summed E-state index contributed by atoms with van der Waals surface area (Å²) in [6.07, 6.45) is 3.43. The summed E-state index contributed by atoms with van der Waals surface area (Å²) in [4.78, 5) is 35.6. The molecule has 1 aliphatic rings. The van der Waals surface area contributed by atoms with Gasteiger partial charge in [0.05, 0.1) is 12.2 Å². The van der Waals surface area contributed by atoms with E-state index >= 15 is 0 Å². The van der Waals surface area contributed by atoms with Gasteiger partial charge in [0, 0.05) is 28.8 Å². The number of fused-ring (bicyclic) bond motifs is 1. The predicted octanol–water partition coefficient (Wildman–Crippen LogP) is 6.04. The van der Waals surface area contributed by atoms with Crippen molar-refractivity contribution in [3.63, 3.8) is 0 Å². The van der Waals surface area contributed by atoms with Gasteiger partial charge in [-0.1, -0.05) is 47.5 Å². The van der Waals surface area contributed by atoms with Crippen molar-refractivity contribution in [2.24, 2.45) is 0 Å². The highest BCUT2D eigenvalue weighted by Gasteiger charge is 2.26. The zero-order chi connectivity index (χ0) is 25.5. The first-order valence-electron chi connectivity index (χ1n) is 11.7. The van der Waals surface area contributed by atoms with Crippen molar-refractivity contribution >= 4 is 35.0 Å². The highest BCUT2D eigenvalue weighted by molar-refractivity contribution is 6.30. The summed E-state index contributed by atoms with van der Waals surface area (Å²) in [5, 5.41) is 1.26. The minimum absolute atomic E-state index is 0.127. The monoisotopic (exact) mass is 516 g/mol. The van der Waals surface area contributed by atoms with Crippen molar-refractivity contribution in [3.8, 4) is 11.1 Å². The molecule has 0 bridgehead atoms. The van der Waals surface area contributed by atoms with E-state index in [2.05, 4.69) is 4.68 Å². The fourth-order valence-corrected chi connectivity index (χ4v) is 4.53. The quantitative estimate of drug-likeness (QED) is 0.306. The third-order valence-electron chi connectivity index (χ3n) is 5.99. The lowest BCUT2D eigenvalue weighted by molar-refractivity contribution is -0.147. The third-order valence-corrected chi connectivity index (χ3v) is 6.50. The lowest BCUT2D eigenvalue weighted by Gasteiger charge is -2.12. The maximum absolute atomic E-state index is 12.6. The normalized spacial score (nSPS) is 13.6. The maximum atomic E-state index is 12.6. The predicted molar refractivity (Wildman–Crippen MR) is 139 cm³/mol. The fraction of sp³-hybridized carbons (Fsp3) is 0.370. The summed E-state index contributed by atoms with van der Waals surface area (Å²) >= 11 is 11.6. The van der Waals surface area contributed by atoms with Crippen molar-refractivity contribution in [3.05, 3.63) is 80.2 Å². The summed E-state index contributed by atoms with van der Waals surface area (Å²) in [5.74, 6) is -1.60. The molecule has 0 spiro atoms. The molecule has 4 rings (SSSR count). The molecule has 6 nitrogen and oxygen atoms in total. The smallest absolute Gasteiger partial charge is 0.320 e. The molecule has 0 aliphatic carbocycles. The SMILES string of the molecule is CCOC(=O)C(C(C)=O)c1ccc(Cl)cc1.Cc1c(-c2ccc(Cl)cc2)c(=O)n2n1CCCCC2. The van der Waals surface area contributed by atoms with Crippen LogP contribution in [-0.2, 0) is 27.4 Å². The number of halogens is 2. The number of ether oxygens (including phenoxy) is 1. The Labute approximate surface area is 215 Å². The number of carbonyl (C=O) groups excluding carboxylic acids is 2. The van der Waals surface area contributed by atoms with Gasteiger partial charge in [-0.2, -0.15) is 0 Å². The Morgan fingerprint density at radius 3 is 2.00 bits per heavy atom.